The minimum atomic E-state index is -0.0893. The van der Waals surface area contributed by atoms with Gasteiger partial charge in [-0.25, -0.2) is 4.98 Å². The van der Waals surface area contributed by atoms with Gasteiger partial charge >= 0.3 is 0 Å². The Labute approximate surface area is 120 Å². The highest BCUT2D eigenvalue weighted by molar-refractivity contribution is 7.07. The molecule has 1 aromatic carbocycles. The number of thiazole rings is 1. The lowest BCUT2D eigenvalue weighted by Gasteiger charge is -2.10. The SMILES string of the molecule is COc1ccc(Cl)cc1NC(=O)CCc1cscn1. The summed E-state index contributed by atoms with van der Waals surface area (Å²) in [7, 11) is 1.55. The third kappa shape index (κ3) is 3.94. The number of rotatable bonds is 5. The average Bonchev–Trinajstić information content (AvgIpc) is 2.90. The first-order valence-electron chi connectivity index (χ1n) is 5.69. The van der Waals surface area contributed by atoms with Gasteiger partial charge in [-0.3, -0.25) is 4.79 Å². The smallest absolute Gasteiger partial charge is 0.224 e. The van der Waals surface area contributed by atoms with Crippen LogP contribution in [-0.2, 0) is 11.2 Å². The van der Waals surface area contributed by atoms with Gasteiger partial charge in [0, 0.05) is 16.8 Å². The van der Waals surface area contributed by atoms with Crippen molar-refractivity contribution in [2.24, 2.45) is 0 Å². The van der Waals surface area contributed by atoms with Gasteiger partial charge in [0.15, 0.2) is 0 Å². The number of hydrogen-bond acceptors (Lipinski definition) is 4. The fourth-order valence-corrected chi connectivity index (χ4v) is 2.36. The van der Waals surface area contributed by atoms with Gasteiger partial charge in [-0.1, -0.05) is 11.6 Å². The number of amides is 1. The van der Waals surface area contributed by atoms with Crippen LogP contribution in [0.5, 0.6) is 5.75 Å². The second-order valence-electron chi connectivity index (χ2n) is 3.87. The topological polar surface area (TPSA) is 51.2 Å². The van der Waals surface area contributed by atoms with Crippen LogP contribution in [0.1, 0.15) is 12.1 Å². The Kier molecular flexibility index (Phi) is 4.76. The van der Waals surface area contributed by atoms with E-state index in [4.69, 9.17) is 16.3 Å². The first-order valence-corrected chi connectivity index (χ1v) is 7.01. The molecule has 0 radical (unpaired) electrons. The number of ether oxygens (including phenoxy) is 1. The molecule has 0 spiro atoms. The van der Waals surface area contributed by atoms with Crippen LogP contribution in [0, 0.1) is 0 Å². The Hall–Kier alpha value is -1.59. The van der Waals surface area contributed by atoms with Crippen LogP contribution >= 0.6 is 22.9 Å². The molecule has 0 aliphatic heterocycles. The minimum Gasteiger partial charge on any atom is -0.495 e. The molecule has 0 unspecified atom stereocenters. The Bertz CT molecular complexity index is 558. The molecule has 0 atom stereocenters. The summed E-state index contributed by atoms with van der Waals surface area (Å²) in [6.07, 6.45) is 0.998. The first kappa shape index (κ1) is 13.8. The second kappa shape index (κ2) is 6.54. The Morgan fingerprint density at radius 2 is 2.37 bits per heavy atom. The Balaban J connectivity index is 1.96. The third-order valence-corrected chi connectivity index (χ3v) is 3.40. The highest BCUT2D eigenvalue weighted by atomic mass is 35.5. The number of hydrogen-bond donors (Lipinski definition) is 1. The molecule has 1 amide bonds. The van der Waals surface area contributed by atoms with Crippen LogP contribution in [0.3, 0.4) is 0 Å². The Morgan fingerprint density at radius 3 is 3.05 bits per heavy atom. The number of nitrogens with zero attached hydrogens (tertiary/aromatic N) is 1. The predicted octanol–water partition coefficient (Wildman–Crippen LogP) is 3.38. The van der Waals surface area contributed by atoms with E-state index in [1.54, 1.807) is 30.8 Å². The number of carbonyl (C=O) groups is 1. The largest absolute Gasteiger partial charge is 0.495 e. The number of aryl methyl sites for hydroxylation is 1. The molecule has 1 heterocycles. The van der Waals surface area contributed by atoms with E-state index in [9.17, 15) is 4.79 Å². The summed E-state index contributed by atoms with van der Waals surface area (Å²) in [5, 5.41) is 5.28. The van der Waals surface area contributed by atoms with Crippen LogP contribution in [0.2, 0.25) is 5.02 Å². The molecule has 2 rings (SSSR count). The zero-order valence-electron chi connectivity index (χ0n) is 10.4. The van der Waals surface area contributed by atoms with Gasteiger partial charge in [0.2, 0.25) is 5.91 Å². The number of benzene rings is 1. The van der Waals surface area contributed by atoms with Crippen molar-refractivity contribution in [2.75, 3.05) is 12.4 Å². The molecule has 2 aromatic rings. The maximum atomic E-state index is 11.9. The number of nitrogens with one attached hydrogen (secondary N) is 1. The number of halogens is 1. The summed E-state index contributed by atoms with van der Waals surface area (Å²) in [5.74, 6) is 0.500. The molecule has 0 bridgehead atoms. The van der Waals surface area contributed by atoms with Crippen LogP contribution in [-0.4, -0.2) is 18.0 Å². The predicted molar refractivity (Wildman–Crippen MR) is 77.1 cm³/mol. The van der Waals surface area contributed by atoms with Crippen LogP contribution in [0.15, 0.2) is 29.1 Å². The van der Waals surface area contributed by atoms with E-state index in [1.165, 1.54) is 11.3 Å². The molecule has 0 aliphatic carbocycles. The van der Waals surface area contributed by atoms with Gasteiger partial charge in [-0.15, -0.1) is 11.3 Å². The van der Waals surface area contributed by atoms with Crippen molar-refractivity contribution in [3.8, 4) is 5.75 Å². The fraction of sp³-hybridized carbons (Fsp3) is 0.231. The van der Waals surface area contributed by atoms with Gasteiger partial charge in [0.25, 0.3) is 0 Å². The number of aromatic nitrogens is 1. The van der Waals surface area contributed by atoms with E-state index < -0.39 is 0 Å². The van der Waals surface area contributed by atoms with Crippen molar-refractivity contribution in [2.45, 2.75) is 12.8 Å². The molecule has 0 fully saturated rings. The van der Waals surface area contributed by atoms with Gasteiger partial charge in [-0.05, 0) is 24.6 Å². The van der Waals surface area contributed by atoms with E-state index in [2.05, 4.69) is 10.3 Å². The first-order chi connectivity index (χ1) is 9.19. The van der Waals surface area contributed by atoms with Crippen molar-refractivity contribution in [3.63, 3.8) is 0 Å². The highest BCUT2D eigenvalue weighted by Gasteiger charge is 2.09. The zero-order valence-corrected chi connectivity index (χ0v) is 11.9. The van der Waals surface area contributed by atoms with Crippen LogP contribution < -0.4 is 10.1 Å². The quantitative estimate of drug-likeness (QED) is 0.920. The normalized spacial score (nSPS) is 10.2. The number of carbonyl (C=O) groups excluding carboxylic acids is 1. The Morgan fingerprint density at radius 1 is 1.53 bits per heavy atom. The second-order valence-corrected chi connectivity index (χ2v) is 5.03. The molecule has 1 aromatic heterocycles. The standard InChI is InChI=1S/C13H13ClN2O2S/c1-18-12-4-2-9(14)6-11(12)16-13(17)5-3-10-7-19-8-15-10/h2,4,6-8H,3,5H2,1H3,(H,16,17). The highest BCUT2D eigenvalue weighted by Crippen LogP contribution is 2.27. The van der Waals surface area contributed by atoms with Crippen LogP contribution in [0.25, 0.3) is 0 Å². The zero-order chi connectivity index (χ0) is 13.7. The van der Waals surface area contributed by atoms with Crippen molar-refractivity contribution < 1.29 is 9.53 Å². The molecule has 1 N–H and O–H groups in total. The van der Waals surface area contributed by atoms with E-state index in [0.717, 1.165) is 5.69 Å². The fourth-order valence-electron chi connectivity index (χ4n) is 1.59. The molecule has 0 saturated carbocycles. The van der Waals surface area contributed by atoms with Crippen molar-refractivity contribution in [1.29, 1.82) is 0 Å². The summed E-state index contributed by atoms with van der Waals surface area (Å²) in [4.78, 5) is 16.0. The molecule has 0 aliphatic rings. The van der Waals surface area contributed by atoms with E-state index in [1.807, 2.05) is 5.38 Å². The van der Waals surface area contributed by atoms with E-state index in [-0.39, 0.29) is 5.91 Å². The molecule has 19 heavy (non-hydrogen) atoms. The summed E-state index contributed by atoms with van der Waals surface area (Å²) >= 11 is 7.42. The lowest BCUT2D eigenvalue weighted by Crippen LogP contribution is -2.13. The molecule has 4 nitrogen and oxygen atoms in total. The van der Waals surface area contributed by atoms with Gasteiger partial charge < -0.3 is 10.1 Å². The minimum absolute atomic E-state index is 0.0893. The van der Waals surface area contributed by atoms with Gasteiger partial charge in [0.1, 0.15) is 5.75 Å². The molecular weight excluding hydrogens is 284 g/mol. The van der Waals surface area contributed by atoms with Crippen LogP contribution in [0.4, 0.5) is 5.69 Å². The maximum Gasteiger partial charge on any atom is 0.224 e. The van der Waals surface area contributed by atoms with Crippen molar-refractivity contribution in [1.82, 2.24) is 4.98 Å². The number of anilines is 1. The average molecular weight is 297 g/mol. The molecular formula is C13H13ClN2O2S. The number of methoxy groups -OCH3 is 1. The summed E-state index contributed by atoms with van der Waals surface area (Å²) in [5.41, 5.74) is 3.27. The summed E-state index contributed by atoms with van der Waals surface area (Å²) in [6.45, 7) is 0. The maximum absolute atomic E-state index is 11.9. The molecule has 6 heteroatoms. The van der Waals surface area contributed by atoms with Crippen molar-refractivity contribution in [3.05, 3.63) is 39.8 Å². The van der Waals surface area contributed by atoms with Gasteiger partial charge in [0.05, 0.1) is 24.0 Å². The third-order valence-electron chi connectivity index (χ3n) is 2.53. The lowest BCUT2D eigenvalue weighted by molar-refractivity contribution is -0.116. The molecule has 0 saturated heterocycles. The molecule has 100 valence electrons. The monoisotopic (exact) mass is 296 g/mol. The summed E-state index contributed by atoms with van der Waals surface area (Å²) in [6, 6.07) is 5.10. The van der Waals surface area contributed by atoms with Crippen molar-refractivity contribution >= 4 is 34.5 Å². The van der Waals surface area contributed by atoms with Gasteiger partial charge in [-0.2, -0.15) is 0 Å². The van der Waals surface area contributed by atoms with E-state index >= 15 is 0 Å². The lowest BCUT2D eigenvalue weighted by atomic mass is 10.2. The summed E-state index contributed by atoms with van der Waals surface area (Å²) < 4.78 is 5.17. The van der Waals surface area contributed by atoms with E-state index in [0.29, 0.717) is 29.3 Å².